The highest BCUT2D eigenvalue weighted by atomic mass is 16.2. The van der Waals surface area contributed by atoms with Gasteiger partial charge in [0.05, 0.1) is 6.54 Å². The van der Waals surface area contributed by atoms with Crippen molar-refractivity contribution in [3.8, 4) is 0 Å². The predicted octanol–water partition coefficient (Wildman–Crippen LogP) is 1.66. The van der Waals surface area contributed by atoms with Gasteiger partial charge in [0.2, 0.25) is 5.91 Å². The van der Waals surface area contributed by atoms with Crippen molar-refractivity contribution in [3.63, 3.8) is 0 Å². The Morgan fingerprint density at radius 2 is 2.00 bits per heavy atom. The van der Waals surface area contributed by atoms with Crippen molar-refractivity contribution in [2.45, 2.75) is 31.2 Å². The van der Waals surface area contributed by atoms with Crippen LogP contribution in [0.25, 0.3) is 0 Å². The third-order valence-corrected chi connectivity index (χ3v) is 3.78. The summed E-state index contributed by atoms with van der Waals surface area (Å²) in [6.45, 7) is 1.47. The van der Waals surface area contributed by atoms with Crippen molar-refractivity contribution >= 4 is 5.91 Å². The maximum absolute atomic E-state index is 11.7. The lowest BCUT2D eigenvalue weighted by Gasteiger charge is -2.06. The second-order valence-electron chi connectivity index (χ2n) is 5.50. The van der Waals surface area contributed by atoms with Crippen LogP contribution in [-0.2, 0) is 4.79 Å². The van der Waals surface area contributed by atoms with Crippen LogP contribution in [-0.4, -0.2) is 25.0 Å². The molecule has 2 fully saturated rings. The zero-order chi connectivity index (χ0) is 12.4. The molecule has 18 heavy (non-hydrogen) atoms. The van der Waals surface area contributed by atoms with Crippen molar-refractivity contribution in [2.24, 2.45) is 5.92 Å². The Balaban J connectivity index is 1.37. The third-order valence-electron chi connectivity index (χ3n) is 3.78. The average Bonchev–Trinajstić information content (AvgIpc) is 3.26. The van der Waals surface area contributed by atoms with Gasteiger partial charge in [0.15, 0.2) is 0 Å². The first-order chi connectivity index (χ1) is 8.83. The highest BCUT2D eigenvalue weighted by Crippen LogP contribution is 2.40. The van der Waals surface area contributed by atoms with Crippen LogP contribution < -0.4 is 10.6 Å². The van der Waals surface area contributed by atoms with Crippen LogP contribution in [0.15, 0.2) is 30.3 Å². The minimum Gasteiger partial charge on any atom is -0.352 e. The molecule has 1 amide bonds. The summed E-state index contributed by atoms with van der Waals surface area (Å²) < 4.78 is 0. The SMILES string of the molecule is O=C(CNCC1CC1)NC1CC1c1ccccc1. The van der Waals surface area contributed by atoms with Gasteiger partial charge in [0, 0.05) is 12.0 Å². The zero-order valence-electron chi connectivity index (χ0n) is 10.6. The van der Waals surface area contributed by atoms with Crippen LogP contribution >= 0.6 is 0 Å². The Morgan fingerprint density at radius 3 is 2.72 bits per heavy atom. The van der Waals surface area contributed by atoms with E-state index in [4.69, 9.17) is 0 Å². The summed E-state index contributed by atoms with van der Waals surface area (Å²) in [6.07, 6.45) is 3.74. The molecule has 2 atom stereocenters. The molecule has 0 saturated heterocycles. The van der Waals surface area contributed by atoms with Crippen molar-refractivity contribution in [1.29, 1.82) is 0 Å². The van der Waals surface area contributed by atoms with Gasteiger partial charge in [-0.05, 0) is 37.3 Å². The summed E-state index contributed by atoms with van der Waals surface area (Å²) in [5, 5.41) is 6.32. The smallest absolute Gasteiger partial charge is 0.234 e. The molecule has 0 aliphatic heterocycles. The lowest BCUT2D eigenvalue weighted by Crippen LogP contribution is -2.36. The molecule has 3 nitrogen and oxygen atoms in total. The fourth-order valence-corrected chi connectivity index (χ4v) is 2.39. The molecule has 2 unspecified atom stereocenters. The van der Waals surface area contributed by atoms with Gasteiger partial charge in [-0.25, -0.2) is 0 Å². The number of rotatable bonds is 6. The molecule has 2 saturated carbocycles. The summed E-state index contributed by atoms with van der Waals surface area (Å²) in [6, 6.07) is 10.8. The lowest BCUT2D eigenvalue weighted by atomic mass is 10.1. The quantitative estimate of drug-likeness (QED) is 0.799. The topological polar surface area (TPSA) is 41.1 Å². The Labute approximate surface area is 108 Å². The predicted molar refractivity (Wildman–Crippen MR) is 71.3 cm³/mol. The molecule has 96 valence electrons. The number of nitrogens with one attached hydrogen (secondary N) is 2. The standard InChI is InChI=1S/C15H20N2O/c18-15(10-16-9-11-6-7-11)17-14-8-13(14)12-4-2-1-3-5-12/h1-5,11,13-14,16H,6-10H2,(H,17,18). The van der Waals surface area contributed by atoms with E-state index in [-0.39, 0.29) is 5.91 Å². The van der Waals surface area contributed by atoms with Crippen molar-refractivity contribution in [3.05, 3.63) is 35.9 Å². The number of hydrogen-bond donors (Lipinski definition) is 2. The minimum absolute atomic E-state index is 0.138. The Bertz CT molecular complexity index is 414. The molecule has 0 spiro atoms. The molecule has 3 heteroatoms. The Kier molecular flexibility index (Phi) is 3.33. The van der Waals surface area contributed by atoms with E-state index in [1.54, 1.807) is 0 Å². The zero-order valence-corrected chi connectivity index (χ0v) is 10.6. The molecule has 1 aromatic carbocycles. The molecular formula is C15H20N2O. The molecular weight excluding hydrogens is 224 g/mol. The van der Waals surface area contributed by atoms with E-state index >= 15 is 0 Å². The second-order valence-corrected chi connectivity index (χ2v) is 5.50. The van der Waals surface area contributed by atoms with E-state index in [1.807, 2.05) is 6.07 Å². The summed E-state index contributed by atoms with van der Waals surface area (Å²) >= 11 is 0. The van der Waals surface area contributed by atoms with Gasteiger partial charge in [-0.3, -0.25) is 4.79 Å². The maximum Gasteiger partial charge on any atom is 0.234 e. The van der Waals surface area contributed by atoms with Gasteiger partial charge < -0.3 is 10.6 Å². The fraction of sp³-hybridized carbons (Fsp3) is 0.533. The second kappa shape index (κ2) is 5.11. The lowest BCUT2D eigenvalue weighted by molar-refractivity contribution is -0.120. The average molecular weight is 244 g/mol. The van der Waals surface area contributed by atoms with Gasteiger partial charge in [-0.1, -0.05) is 30.3 Å². The highest BCUT2D eigenvalue weighted by molar-refractivity contribution is 5.78. The number of benzene rings is 1. The molecule has 1 aromatic rings. The van der Waals surface area contributed by atoms with Gasteiger partial charge in [-0.15, -0.1) is 0 Å². The van der Waals surface area contributed by atoms with Crippen LogP contribution in [0.5, 0.6) is 0 Å². The molecule has 0 aromatic heterocycles. The maximum atomic E-state index is 11.7. The van der Waals surface area contributed by atoms with Crippen molar-refractivity contribution in [1.82, 2.24) is 10.6 Å². The molecule has 2 N–H and O–H groups in total. The molecule has 3 rings (SSSR count). The largest absolute Gasteiger partial charge is 0.352 e. The normalized spacial score (nSPS) is 25.8. The molecule has 0 radical (unpaired) electrons. The van der Waals surface area contributed by atoms with E-state index in [1.165, 1.54) is 18.4 Å². The van der Waals surface area contributed by atoms with E-state index in [0.717, 1.165) is 18.9 Å². The molecule has 0 bridgehead atoms. The molecule has 2 aliphatic rings. The highest BCUT2D eigenvalue weighted by Gasteiger charge is 2.39. The van der Waals surface area contributed by atoms with E-state index in [9.17, 15) is 4.79 Å². The van der Waals surface area contributed by atoms with E-state index < -0.39 is 0 Å². The van der Waals surface area contributed by atoms with Crippen LogP contribution in [0.3, 0.4) is 0 Å². The number of hydrogen-bond acceptors (Lipinski definition) is 2. The summed E-state index contributed by atoms with van der Waals surface area (Å²) in [7, 11) is 0. The van der Waals surface area contributed by atoms with Crippen LogP contribution in [0.4, 0.5) is 0 Å². The van der Waals surface area contributed by atoms with Crippen LogP contribution in [0, 0.1) is 5.92 Å². The van der Waals surface area contributed by atoms with Crippen molar-refractivity contribution < 1.29 is 4.79 Å². The van der Waals surface area contributed by atoms with Crippen LogP contribution in [0.1, 0.15) is 30.7 Å². The summed E-state index contributed by atoms with van der Waals surface area (Å²) in [5.41, 5.74) is 1.34. The number of carbonyl (C=O) groups is 1. The monoisotopic (exact) mass is 244 g/mol. The van der Waals surface area contributed by atoms with E-state index in [0.29, 0.717) is 18.5 Å². The third kappa shape index (κ3) is 3.10. The van der Waals surface area contributed by atoms with Gasteiger partial charge in [0.25, 0.3) is 0 Å². The number of carbonyl (C=O) groups excluding carboxylic acids is 1. The van der Waals surface area contributed by atoms with Gasteiger partial charge in [-0.2, -0.15) is 0 Å². The first-order valence-electron chi connectivity index (χ1n) is 6.88. The van der Waals surface area contributed by atoms with Gasteiger partial charge in [0.1, 0.15) is 0 Å². The van der Waals surface area contributed by atoms with Crippen molar-refractivity contribution in [2.75, 3.05) is 13.1 Å². The van der Waals surface area contributed by atoms with Crippen LogP contribution in [0.2, 0.25) is 0 Å². The molecule has 2 aliphatic carbocycles. The first-order valence-corrected chi connectivity index (χ1v) is 6.88. The molecule has 0 heterocycles. The summed E-state index contributed by atoms with van der Waals surface area (Å²) in [5.74, 6) is 1.49. The minimum atomic E-state index is 0.138. The van der Waals surface area contributed by atoms with E-state index in [2.05, 4.69) is 34.9 Å². The summed E-state index contributed by atoms with van der Waals surface area (Å²) in [4.78, 5) is 11.7. The first kappa shape index (κ1) is 11.7. The number of amides is 1. The Hall–Kier alpha value is -1.35. The Morgan fingerprint density at radius 1 is 1.22 bits per heavy atom. The van der Waals surface area contributed by atoms with Gasteiger partial charge >= 0.3 is 0 Å². The fourth-order valence-electron chi connectivity index (χ4n) is 2.39.